The van der Waals surface area contributed by atoms with Crippen LogP contribution in [-0.2, 0) is 0 Å². The average Bonchev–Trinajstić information content (AvgIpc) is 2.29. The van der Waals surface area contributed by atoms with Crippen molar-refractivity contribution in [3.8, 4) is 0 Å². The van der Waals surface area contributed by atoms with Gasteiger partial charge in [0, 0.05) is 0 Å². The second kappa shape index (κ2) is 8.76. The van der Waals surface area contributed by atoms with Crippen LogP contribution >= 0.6 is 24.4 Å². The summed E-state index contributed by atoms with van der Waals surface area (Å²) in [6.07, 6.45) is 8.32. The number of allylic oxidation sites excluding steroid dienone is 3. The molecule has 0 unspecified atom stereocenters. The van der Waals surface area contributed by atoms with Crippen molar-refractivity contribution in [2.24, 2.45) is 5.41 Å². The van der Waals surface area contributed by atoms with Gasteiger partial charge in [0.1, 0.15) is 0 Å². The van der Waals surface area contributed by atoms with Crippen LogP contribution < -0.4 is 0 Å². The summed E-state index contributed by atoms with van der Waals surface area (Å²) >= 11 is 11.1. The number of thiocarbonyl (C=S) groups is 2. The van der Waals surface area contributed by atoms with Gasteiger partial charge in [-0.25, -0.2) is 0 Å². The van der Waals surface area contributed by atoms with Crippen molar-refractivity contribution in [1.82, 2.24) is 4.90 Å². The molecule has 0 fully saturated rings. The molecule has 100 valence electrons. The van der Waals surface area contributed by atoms with E-state index in [2.05, 4.69) is 19.7 Å². The standard InChI is InChI=1S/C14H21NS2Se/c1-6-9-14(10-7-2,11-8-3)12(16)18-13(17)15(4)5/h6-8H,1-3,9-11H2,4-5H3. The molecule has 0 atom stereocenters. The Hall–Kier alpha value is -0.281. The van der Waals surface area contributed by atoms with Crippen molar-refractivity contribution in [2.45, 2.75) is 19.3 Å². The van der Waals surface area contributed by atoms with Gasteiger partial charge in [-0.3, -0.25) is 0 Å². The summed E-state index contributed by atoms with van der Waals surface area (Å²) in [6, 6.07) is 0. The molecule has 0 bridgehead atoms. The monoisotopic (exact) mass is 347 g/mol. The van der Waals surface area contributed by atoms with Crippen LogP contribution in [0.2, 0.25) is 0 Å². The summed E-state index contributed by atoms with van der Waals surface area (Å²) in [5.41, 5.74) is -0.0827. The molecule has 0 saturated carbocycles. The molecule has 0 saturated heterocycles. The first kappa shape index (κ1) is 17.7. The van der Waals surface area contributed by atoms with Gasteiger partial charge in [-0.1, -0.05) is 0 Å². The Labute approximate surface area is 128 Å². The molecule has 0 aliphatic carbocycles. The molecule has 0 spiro atoms. The average molecular weight is 346 g/mol. The van der Waals surface area contributed by atoms with E-state index in [0.717, 1.165) is 26.9 Å². The van der Waals surface area contributed by atoms with E-state index in [1.165, 1.54) is 0 Å². The first-order chi connectivity index (χ1) is 8.43. The fourth-order valence-corrected chi connectivity index (χ4v) is 4.67. The van der Waals surface area contributed by atoms with Gasteiger partial charge in [0.25, 0.3) is 0 Å². The Bertz CT molecular complexity index is 321. The van der Waals surface area contributed by atoms with Crippen LogP contribution in [0.25, 0.3) is 0 Å². The van der Waals surface area contributed by atoms with Gasteiger partial charge in [0.05, 0.1) is 0 Å². The summed E-state index contributed by atoms with van der Waals surface area (Å²) < 4.78 is 1.96. The molecular formula is C14H21NS2Se. The van der Waals surface area contributed by atoms with Gasteiger partial charge in [0.2, 0.25) is 0 Å². The Morgan fingerprint density at radius 3 is 1.72 bits per heavy atom. The van der Waals surface area contributed by atoms with Crippen LogP contribution in [0.4, 0.5) is 0 Å². The van der Waals surface area contributed by atoms with E-state index >= 15 is 0 Å². The quantitative estimate of drug-likeness (QED) is 0.357. The third-order valence-electron chi connectivity index (χ3n) is 2.58. The van der Waals surface area contributed by atoms with E-state index in [-0.39, 0.29) is 20.4 Å². The SMILES string of the molecule is C=CCC(CC=C)(CC=C)C(=S)[Se]C(=S)N(C)C. The summed E-state index contributed by atoms with van der Waals surface area (Å²) in [6.45, 7) is 11.5. The Morgan fingerprint density at radius 1 is 1.06 bits per heavy atom. The van der Waals surface area contributed by atoms with E-state index in [9.17, 15) is 0 Å². The third kappa shape index (κ3) is 5.15. The van der Waals surface area contributed by atoms with Gasteiger partial charge in [0.15, 0.2) is 0 Å². The Morgan fingerprint density at radius 2 is 1.44 bits per heavy atom. The van der Waals surface area contributed by atoms with Crippen LogP contribution in [0.3, 0.4) is 0 Å². The molecule has 0 radical (unpaired) electrons. The van der Waals surface area contributed by atoms with Gasteiger partial charge >= 0.3 is 129 Å². The predicted molar refractivity (Wildman–Crippen MR) is 91.5 cm³/mol. The molecule has 18 heavy (non-hydrogen) atoms. The van der Waals surface area contributed by atoms with Crippen molar-refractivity contribution in [2.75, 3.05) is 14.1 Å². The van der Waals surface area contributed by atoms with Crippen LogP contribution in [-0.4, -0.2) is 41.6 Å². The Balaban J connectivity index is 5.08. The normalized spacial score (nSPS) is 10.6. The van der Waals surface area contributed by atoms with Crippen LogP contribution in [0.5, 0.6) is 0 Å². The zero-order chi connectivity index (χ0) is 14.2. The first-order valence-corrected chi connectivity index (χ1v) is 8.22. The van der Waals surface area contributed by atoms with Crippen molar-refractivity contribution in [3.63, 3.8) is 0 Å². The number of hydrogen-bond donors (Lipinski definition) is 0. The maximum absolute atomic E-state index is 5.65. The van der Waals surface area contributed by atoms with Crippen LogP contribution in [0.15, 0.2) is 38.0 Å². The van der Waals surface area contributed by atoms with Gasteiger partial charge in [-0.15, -0.1) is 0 Å². The molecule has 0 aromatic rings. The zero-order valence-electron chi connectivity index (χ0n) is 11.1. The van der Waals surface area contributed by atoms with Crippen LogP contribution in [0, 0.1) is 5.41 Å². The maximum atomic E-state index is 5.65. The zero-order valence-corrected chi connectivity index (χ0v) is 14.5. The van der Waals surface area contributed by atoms with Crippen LogP contribution in [0.1, 0.15) is 19.3 Å². The van der Waals surface area contributed by atoms with Gasteiger partial charge < -0.3 is 0 Å². The van der Waals surface area contributed by atoms with E-state index in [0.29, 0.717) is 0 Å². The van der Waals surface area contributed by atoms with Crippen molar-refractivity contribution in [3.05, 3.63) is 38.0 Å². The first-order valence-electron chi connectivity index (χ1n) is 5.69. The third-order valence-corrected chi connectivity index (χ3v) is 6.68. The molecule has 0 aliphatic rings. The fourth-order valence-electron chi connectivity index (χ4n) is 1.61. The molecule has 0 amide bonds. The fraction of sp³-hybridized carbons (Fsp3) is 0.429. The van der Waals surface area contributed by atoms with E-state index in [4.69, 9.17) is 24.4 Å². The topological polar surface area (TPSA) is 3.24 Å². The van der Waals surface area contributed by atoms with Gasteiger partial charge in [-0.2, -0.15) is 0 Å². The Kier molecular flexibility index (Phi) is 8.62. The molecule has 0 aromatic heterocycles. The summed E-state index contributed by atoms with van der Waals surface area (Å²) in [4.78, 5) is 1.96. The van der Waals surface area contributed by atoms with E-state index in [1.54, 1.807) is 0 Å². The second-order valence-electron chi connectivity index (χ2n) is 4.31. The van der Waals surface area contributed by atoms with E-state index in [1.807, 2.05) is 37.2 Å². The second-order valence-corrected chi connectivity index (χ2v) is 8.37. The summed E-state index contributed by atoms with van der Waals surface area (Å²) in [7, 11) is 3.92. The molecule has 0 N–H and O–H groups in total. The summed E-state index contributed by atoms with van der Waals surface area (Å²) in [5.74, 6) is 0. The number of rotatable bonds is 9. The number of nitrogens with zero attached hydrogens (tertiary/aromatic N) is 1. The molecule has 1 nitrogen and oxygen atoms in total. The van der Waals surface area contributed by atoms with Crippen molar-refractivity contribution >= 4 is 47.0 Å². The number of hydrogen-bond acceptors (Lipinski definition) is 2. The molecule has 0 aliphatic heterocycles. The van der Waals surface area contributed by atoms with Gasteiger partial charge in [-0.05, 0) is 0 Å². The van der Waals surface area contributed by atoms with Crippen molar-refractivity contribution < 1.29 is 0 Å². The molecular weight excluding hydrogens is 325 g/mol. The van der Waals surface area contributed by atoms with E-state index < -0.39 is 0 Å². The van der Waals surface area contributed by atoms with Crippen molar-refractivity contribution in [1.29, 1.82) is 0 Å². The summed E-state index contributed by atoms with van der Waals surface area (Å²) in [5, 5.41) is 0. The molecule has 0 aromatic carbocycles. The minimum absolute atomic E-state index is 0.0448. The molecule has 0 rings (SSSR count). The minimum atomic E-state index is -0.0827. The predicted octanol–water partition coefficient (Wildman–Crippen LogP) is 3.58. The molecule has 4 heteroatoms. The molecule has 0 heterocycles.